The van der Waals surface area contributed by atoms with Crippen LogP contribution in [0.15, 0.2) is 60.8 Å². The molecule has 0 aromatic rings. The fourth-order valence-corrected chi connectivity index (χ4v) is 6.30. The summed E-state index contributed by atoms with van der Waals surface area (Å²) in [4.78, 5) is 37.7. The van der Waals surface area contributed by atoms with Gasteiger partial charge in [0.2, 0.25) is 0 Å². The van der Waals surface area contributed by atoms with Crippen LogP contribution in [0.25, 0.3) is 0 Å². The molecule has 322 valence electrons. The normalized spacial score (nSPS) is 12.6. The predicted molar refractivity (Wildman–Crippen MR) is 238 cm³/mol. The molecule has 1 atom stereocenters. The van der Waals surface area contributed by atoms with Gasteiger partial charge in [-0.2, -0.15) is 0 Å². The van der Waals surface area contributed by atoms with Gasteiger partial charge >= 0.3 is 17.9 Å². The quantitative estimate of drug-likeness (QED) is 0.0202. The van der Waals surface area contributed by atoms with Crippen molar-refractivity contribution in [2.45, 2.75) is 226 Å². The van der Waals surface area contributed by atoms with Crippen LogP contribution in [-0.4, -0.2) is 37.2 Å². The summed E-state index contributed by atoms with van der Waals surface area (Å²) in [6, 6.07) is 0. The zero-order valence-electron chi connectivity index (χ0n) is 36.6. The highest BCUT2D eigenvalue weighted by Crippen LogP contribution is 2.14. The Morgan fingerprint density at radius 3 is 1.25 bits per heavy atom. The zero-order valence-corrected chi connectivity index (χ0v) is 36.6. The molecular weight excluding hydrogens is 697 g/mol. The zero-order chi connectivity index (χ0) is 40.8. The van der Waals surface area contributed by atoms with Gasteiger partial charge < -0.3 is 14.2 Å². The van der Waals surface area contributed by atoms with E-state index in [1.54, 1.807) is 0 Å². The minimum atomic E-state index is -0.790. The monoisotopic (exact) mass is 783 g/mol. The number of carbonyl (C=O) groups excluding carboxylic acids is 3. The number of hydrogen-bond acceptors (Lipinski definition) is 6. The maximum atomic E-state index is 12.7. The number of carbonyl (C=O) groups is 3. The van der Waals surface area contributed by atoms with Crippen molar-refractivity contribution in [2.24, 2.45) is 0 Å². The number of rotatable bonds is 41. The number of unbranched alkanes of at least 4 members (excludes halogenated alkanes) is 22. The van der Waals surface area contributed by atoms with Gasteiger partial charge in [-0.25, -0.2) is 0 Å². The summed E-state index contributed by atoms with van der Waals surface area (Å²) in [5.41, 5.74) is 0. The van der Waals surface area contributed by atoms with Gasteiger partial charge in [-0.05, 0) is 70.6 Å². The molecule has 6 nitrogen and oxygen atoms in total. The molecule has 0 saturated heterocycles. The van der Waals surface area contributed by atoms with E-state index in [0.29, 0.717) is 19.3 Å². The minimum absolute atomic E-state index is 0.0942. The first-order valence-corrected chi connectivity index (χ1v) is 23.3. The second-order valence-corrected chi connectivity index (χ2v) is 15.3. The topological polar surface area (TPSA) is 78.9 Å². The molecular formula is C50H86O6. The molecule has 0 amide bonds. The lowest BCUT2D eigenvalue weighted by atomic mass is 10.1. The second-order valence-electron chi connectivity index (χ2n) is 15.3. The molecule has 0 heterocycles. The predicted octanol–water partition coefficient (Wildman–Crippen LogP) is 14.9. The molecule has 0 radical (unpaired) electrons. The van der Waals surface area contributed by atoms with Crippen LogP contribution in [0.2, 0.25) is 0 Å². The van der Waals surface area contributed by atoms with Crippen molar-refractivity contribution in [3.63, 3.8) is 0 Å². The summed E-state index contributed by atoms with van der Waals surface area (Å²) in [6.45, 7) is 6.43. The van der Waals surface area contributed by atoms with E-state index in [1.807, 2.05) is 0 Å². The third-order valence-corrected chi connectivity index (χ3v) is 9.82. The van der Waals surface area contributed by atoms with E-state index >= 15 is 0 Å². The van der Waals surface area contributed by atoms with Crippen LogP contribution in [-0.2, 0) is 28.6 Å². The average Bonchev–Trinajstić information content (AvgIpc) is 3.19. The molecule has 0 saturated carbocycles. The SMILES string of the molecule is CC/C=C\C/C=C\CCCCC(=O)OCC(COC(=O)CCCCCCC\C=C/C=C\C=C/CCCCCCC)OC(=O)CCCCCCCCCCCCC. The van der Waals surface area contributed by atoms with Gasteiger partial charge in [0.15, 0.2) is 6.10 Å². The van der Waals surface area contributed by atoms with Crippen LogP contribution in [0.5, 0.6) is 0 Å². The molecule has 0 spiro atoms. The van der Waals surface area contributed by atoms with Crippen molar-refractivity contribution < 1.29 is 28.6 Å². The van der Waals surface area contributed by atoms with Crippen LogP contribution >= 0.6 is 0 Å². The van der Waals surface area contributed by atoms with Crippen LogP contribution in [0, 0.1) is 0 Å². The molecule has 0 aromatic carbocycles. The Bertz CT molecular complexity index is 1040. The van der Waals surface area contributed by atoms with Gasteiger partial charge in [0.25, 0.3) is 0 Å². The Hall–Kier alpha value is -2.89. The van der Waals surface area contributed by atoms with Crippen molar-refractivity contribution in [1.29, 1.82) is 0 Å². The first-order valence-electron chi connectivity index (χ1n) is 23.3. The smallest absolute Gasteiger partial charge is 0.306 e. The van der Waals surface area contributed by atoms with Gasteiger partial charge in [0.05, 0.1) is 0 Å². The number of esters is 3. The summed E-state index contributed by atoms with van der Waals surface area (Å²) in [5.74, 6) is -0.952. The van der Waals surface area contributed by atoms with E-state index in [0.717, 1.165) is 89.9 Å². The minimum Gasteiger partial charge on any atom is -0.462 e. The fraction of sp³-hybridized carbons (Fsp3) is 0.740. The molecule has 0 rings (SSSR count). The van der Waals surface area contributed by atoms with Crippen molar-refractivity contribution in [3.05, 3.63) is 60.8 Å². The van der Waals surface area contributed by atoms with Gasteiger partial charge in [-0.1, -0.05) is 191 Å². The molecule has 0 fully saturated rings. The van der Waals surface area contributed by atoms with E-state index in [1.165, 1.54) is 89.9 Å². The maximum Gasteiger partial charge on any atom is 0.306 e. The third kappa shape index (κ3) is 42.3. The number of ether oxygens (including phenoxy) is 3. The van der Waals surface area contributed by atoms with E-state index in [2.05, 4.69) is 81.5 Å². The first-order chi connectivity index (χ1) is 27.5. The van der Waals surface area contributed by atoms with Gasteiger partial charge in [-0.3, -0.25) is 14.4 Å². The lowest BCUT2D eigenvalue weighted by molar-refractivity contribution is -0.167. The van der Waals surface area contributed by atoms with Crippen LogP contribution in [0.4, 0.5) is 0 Å². The standard InChI is InChI=1S/C50H86O6/c1-4-7-10-13-16-19-21-22-23-24-25-26-27-29-31-34-37-40-43-49(52)55-46-47(45-54-48(51)42-39-36-33-30-18-15-12-9-6-3)56-50(53)44-41-38-35-32-28-20-17-14-11-8-5-2/h9,12,18,21-26,30,47H,4-8,10-11,13-17,19-20,27-29,31-46H2,1-3H3/b12-9-,22-21-,24-23-,26-25-,30-18-. The molecule has 0 N–H and O–H groups in total. The van der Waals surface area contributed by atoms with E-state index in [9.17, 15) is 14.4 Å². The molecule has 0 aliphatic heterocycles. The van der Waals surface area contributed by atoms with Crippen molar-refractivity contribution in [2.75, 3.05) is 13.2 Å². The maximum absolute atomic E-state index is 12.7. The Kier molecular flexibility index (Phi) is 42.5. The molecule has 56 heavy (non-hydrogen) atoms. The molecule has 6 heteroatoms. The highest BCUT2D eigenvalue weighted by atomic mass is 16.6. The van der Waals surface area contributed by atoms with E-state index in [4.69, 9.17) is 14.2 Å². The third-order valence-electron chi connectivity index (χ3n) is 9.82. The Labute approximate surface area is 345 Å². The number of allylic oxidation sites excluding steroid dienone is 10. The van der Waals surface area contributed by atoms with E-state index < -0.39 is 6.10 Å². The Morgan fingerprint density at radius 2 is 0.768 bits per heavy atom. The molecule has 0 aromatic heterocycles. The van der Waals surface area contributed by atoms with Crippen molar-refractivity contribution in [1.82, 2.24) is 0 Å². The Balaban J connectivity index is 4.38. The highest BCUT2D eigenvalue weighted by molar-refractivity contribution is 5.71. The fourth-order valence-electron chi connectivity index (χ4n) is 6.30. The molecule has 0 aliphatic carbocycles. The van der Waals surface area contributed by atoms with Crippen LogP contribution in [0.3, 0.4) is 0 Å². The molecule has 0 aliphatic rings. The van der Waals surface area contributed by atoms with Gasteiger partial charge in [0.1, 0.15) is 13.2 Å². The summed E-state index contributed by atoms with van der Waals surface area (Å²) in [6.07, 6.45) is 53.6. The Morgan fingerprint density at radius 1 is 0.393 bits per heavy atom. The lowest BCUT2D eigenvalue weighted by Crippen LogP contribution is -2.30. The largest absolute Gasteiger partial charge is 0.462 e. The lowest BCUT2D eigenvalue weighted by Gasteiger charge is -2.18. The van der Waals surface area contributed by atoms with E-state index in [-0.39, 0.29) is 31.1 Å². The average molecular weight is 783 g/mol. The number of hydrogen-bond donors (Lipinski definition) is 0. The van der Waals surface area contributed by atoms with Crippen LogP contribution < -0.4 is 0 Å². The van der Waals surface area contributed by atoms with Crippen LogP contribution in [0.1, 0.15) is 220 Å². The summed E-state index contributed by atoms with van der Waals surface area (Å²) >= 11 is 0. The van der Waals surface area contributed by atoms with Crippen molar-refractivity contribution in [3.8, 4) is 0 Å². The highest BCUT2D eigenvalue weighted by Gasteiger charge is 2.19. The van der Waals surface area contributed by atoms with Crippen molar-refractivity contribution >= 4 is 17.9 Å². The molecule has 1 unspecified atom stereocenters. The summed E-state index contributed by atoms with van der Waals surface area (Å²) in [7, 11) is 0. The first kappa shape index (κ1) is 53.1. The second kappa shape index (κ2) is 44.8. The van der Waals surface area contributed by atoms with Gasteiger partial charge in [0, 0.05) is 19.3 Å². The summed E-state index contributed by atoms with van der Waals surface area (Å²) in [5, 5.41) is 0. The molecule has 0 bridgehead atoms. The summed E-state index contributed by atoms with van der Waals surface area (Å²) < 4.78 is 16.6. The van der Waals surface area contributed by atoms with Gasteiger partial charge in [-0.15, -0.1) is 0 Å².